The van der Waals surface area contributed by atoms with Gasteiger partial charge in [0.05, 0.1) is 11.7 Å². The number of carbonyl (C=O) groups is 1. The molecule has 23 heavy (non-hydrogen) atoms. The molecule has 3 aromatic rings. The van der Waals surface area contributed by atoms with Crippen LogP contribution in [0.5, 0.6) is 0 Å². The summed E-state index contributed by atoms with van der Waals surface area (Å²) >= 11 is 6.91. The van der Waals surface area contributed by atoms with E-state index in [4.69, 9.17) is 11.6 Å². The van der Waals surface area contributed by atoms with Gasteiger partial charge in [0.25, 0.3) is 5.91 Å². The van der Waals surface area contributed by atoms with Gasteiger partial charge in [0.1, 0.15) is 16.6 Å². The highest BCUT2D eigenvalue weighted by Gasteiger charge is 2.29. The Morgan fingerprint density at radius 2 is 2.17 bits per heavy atom. The van der Waals surface area contributed by atoms with Gasteiger partial charge >= 0.3 is 6.18 Å². The molecule has 0 aliphatic rings. The van der Waals surface area contributed by atoms with Crippen LogP contribution < -0.4 is 5.32 Å². The van der Waals surface area contributed by atoms with Gasteiger partial charge in [0.15, 0.2) is 5.01 Å². The molecule has 3 rings (SSSR count). The lowest BCUT2D eigenvalue weighted by Crippen LogP contribution is -2.33. The Kier molecular flexibility index (Phi) is 3.99. The molecular weight excluding hydrogens is 353 g/mol. The van der Waals surface area contributed by atoms with Crippen LogP contribution in [-0.4, -0.2) is 33.2 Å². The molecule has 0 saturated heterocycles. The number of nitrogens with one attached hydrogen (secondary N) is 1. The number of thiazole rings is 1. The third kappa shape index (κ3) is 3.30. The summed E-state index contributed by atoms with van der Waals surface area (Å²) in [6.45, 7) is -1.42. The van der Waals surface area contributed by atoms with Crippen LogP contribution in [0, 0.1) is 0 Å². The minimum absolute atomic E-state index is 0.135. The third-order valence-corrected chi connectivity index (χ3v) is 4.16. The van der Waals surface area contributed by atoms with Crippen molar-refractivity contribution in [2.45, 2.75) is 6.18 Å². The molecule has 0 aliphatic carbocycles. The first-order valence-electron chi connectivity index (χ1n) is 6.29. The summed E-state index contributed by atoms with van der Waals surface area (Å²) < 4.78 is 38.3. The zero-order chi connectivity index (χ0) is 16.6. The first-order chi connectivity index (χ1) is 10.8. The van der Waals surface area contributed by atoms with E-state index in [2.05, 4.69) is 10.1 Å². The molecule has 3 heterocycles. The molecule has 0 atom stereocenters. The number of pyridine rings is 1. The standard InChI is InChI=1S/C13H8ClF3N4OS/c14-10-9(7-5-19-21-4-2-1-3-8(7)21)20-12(23-10)11(22)18-6-13(15,16)17/h1-5H,6H2,(H,18,22). The van der Waals surface area contributed by atoms with Crippen LogP contribution in [-0.2, 0) is 0 Å². The molecule has 3 aromatic heterocycles. The number of amides is 1. The number of hydrogen-bond donors (Lipinski definition) is 1. The van der Waals surface area contributed by atoms with Crippen LogP contribution >= 0.6 is 22.9 Å². The summed E-state index contributed by atoms with van der Waals surface area (Å²) in [5.74, 6) is -0.919. The van der Waals surface area contributed by atoms with E-state index >= 15 is 0 Å². The number of aromatic nitrogens is 3. The second-order valence-corrected chi connectivity index (χ2v) is 6.13. The molecule has 120 valence electrons. The fourth-order valence-corrected chi connectivity index (χ4v) is 3.02. The maximum Gasteiger partial charge on any atom is 0.405 e. The zero-order valence-corrected chi connectivity index (χ0v) is 12.8. The second kappa shape index (κ2) is 5.82. The van der Waals surface area contributed by atoms with Gasteiger partial charge in [-0.1, -0.05) is 29.0 Å². The van der Waals surface area contributed by atoms with E-state index in [1.54, 1.807) is 34.2 Å². The van der Waals surface area contributed by atoms with Gasteiger partial charge in [-0.15, -0.1) is 0 Å². The topological polar surface area (TPSA) is 59.3 Å². The van der Waals surface area contributed by atoms with E-state index in [1.807, 2.05) is 0 Å². The highest BCUT2D eigenvalue weighted by molar-refractivity contribution is 7.18. The molecule has 0 radical (unpaired) electrons. The van der Waals surface area contributed by atoms with Crippen molar-refractivity contribution in [2.24, 2.45) is 0 Å². The van der Waals surface area contributed by atoms with Crippen molar-refractivity contribution in [2.75, 3.05) is 6.54 Å². The van der Waals surface area contributed by atoms with Crippen LogP contribution in [0.4, 0.5) is 13.2 Å². The summed E-state index contributed by atoms with van der Waals surface area (Å²) in [4.78, 5) is 15.8. The van der Waals surface area contributed by atoms with Gasteiger partial charge in [-0.25, -0.2) is 9.50 Å². The number of fused-ring (bicyclic) bond motifs is 1. The first kappa shape index (κ1) is 15.8. The monoisotopic (exact) mass is 360 g/mol. The van der Waals surface area contributed by atoms with E-state index < -0.39 is 18.6 Å². The minimum atomic E-state index is -4.48. The first-order valence-corrected chi connectivity index (χ1v) is 7.48. The van der Waals surface area contributed by atoms with E-state index in [-0.39, 0.29) is 9.34 Å². The van der Waals surface area contributed by atoms with Gasteiger partial charge in [-0.05, 0) is 12.1 Å². The van der Waals surface area contributed by atoms with E-state index in [0.717, 1.165) is 16.9 Å². The lowest BCUT2D eigenvalue weighted by atomic mass is 10.2. The van der Waals surface area contributed by atoms with Crippen LogP contribution in [0.2, 0.25) is 4.34 Å². The van der Waals surface area contributed by atoms with Crippen molar-refractivity contribution in [1.82, 2.24) is 19.9 Å². The Morgan fingerprint density at radius 3 is 2.91 bits per heavy atom. The summed E-state index contributed by atoms with van der Waals surface area (Å²) in [6.07, 6.45) is -1.22. The lowest BCUT2D eigenvalue weighted by Gasteiger charge is -2.06. The molecule has 0 saturated carbocycles. The normalized spacial score (nSPS) is 11.8. The molecule has 0 fully saturated rings. The number of nitrogens with zero attached hydrogens (tertiary/aromatic N) is 3. The van der Waals surface area contributed by atoms with E-state index in [0.29, 0.717) is 11.3 Å². The molecule has 0 bridgehead atoms. The molecule has 10 heteroatoms. The maximum absolute atomic E-state index is 12.1. The summed E-state index contributed by atoms with van der Waals surface area (Å²) in [5.41, 5.74) is 1.64. The highest BCUT2D eigenvalue weighted by Crippen LogP contribution is 2.34. The Hall–Kier alpha value is -2.13. The number of alkyl halides is 3. The zero-order valence-electron chi connectivity index (χ0n) is 11.3. The SMILES string of the molecule is O=C(NCC(F)(F)F)c1nc(-c2cnn3ccccc23)c(Cl)s1. The van der Waals surface area contributed by atoms with Gasteiger partial charge < -0.3 is 5.32 Å². The summed E-state index contributed by atoms with van der Waals surface area (Å²) in [7, 11) is 0. The van der Waals surface area contributed by atoms with Crippen molar-refractivity contribution in [3.05, 3.63) is 39.9 Å². The van der Waals surface area contributed by atoms with Gasteiger partial charge in [0.2, 0.25) is 0 Å². The van der Waals surface area contributed by atoms with Crippen LogP contribution in [0.3, 0.4) is 0 Å². The number of rotatable bonds is 3. The average Bonchev–Trinajstić information content (AvgIpc) is 3.07. The summed E-state index contributed by atoms with van der Waals surface area (Å²) in [5, 5.41) is 5.76. The second-order valence-electron chi connectivity index (χ2n) is 4.53. The maximum atomic E-state index is 12.1. The van der Waals surface area contributed by atoms with Crippen molar-refractivity contribution in [1.29, 1.82) is 0 Å². The Morgan fingerprint density at radius 1 is 1.39 bits per heavy atom. The quantitative estimate of drug-likeness (QED) is 0.778. The molecule has 5 nitrogen and oxygen atoms in total. The molecule has 1 N–H and O–H groups in total. The Labute approximate surface area is 136 Å². The highest BCUT2D eigenvalue weighted by atomic mass is 35.5. The molecule has 1 amide bonds. The lowest BCUT2D eigenvalue weighted by molar-refractivity contribution is -0.123. The fourth-order valence-electron chi connectivity index (χ4n) is 1.94. The predicted octanol–water partition coefficient (Wildman–Crippen LogP) is 3.40. The Bertz CT molecular complexity index is 874. The molecule has 0 aliphatic heterocycles. The van der Waals surface area contributed by atoms with Gasteiger partial charge in [0, 0.05) is 11.8 Å². The number of halogens is 4. The smallest absolute Gasteiger partial charge is 0.341 e. The molecule has 0 spiro atoms. The van der Waals surface area contributed by atoms with Crippen LogP contribution in [0.15, 0.2) is 30.6 Å². The number of hydrogen-bond acceptors (Lipinski definition) is 4. The average molecular weight is 361 g/mol. The van der Waals surface area contributed by atoms with Crippen molar-refractivity contribution in [3.63, 3.8) is 0 Å². The third-order valence-electron chi connectivity index (χ3n) is 2.91. The van der Waals surface area contributed by atoms with Gasteiger partial charge in [-0.2, -0.15) is 18.3 Å². The van der Waals surface area contributed by atoms with Crippen molar-refractivity contribution in [3.8, 4) is 11.3 Å². The van der Waals surface area contributed by atoms with Crippen LogP contribution in [0.25, 0.3) is 16.8 Å². The number of carbonyl (C=O) groups excluding carboxylic acids is 1. The summed E-state index contributed by atoms with van der Waals surface area (Å²) in [6, 6.07) is 5.39. The van der Waals surface area contributed by atoms with E-state index in [9.17, 15) is 18.0 Å². The van der Waals surface area contributed by atoms with E-state index in [1.165, 1.54) is 6.20 Å². The van der Waals surface area contributed by atoms with Crippen molar-refractivity contribution >= 4 is 34.4 Å². The minimum Gasteiger partial charge on any atom is -0.341 e. The van der Waals surface area contributed by atoms with Crippen LogP contribution in [0.1, 0.15) is 9.80 Å². The fraction of sp³-hybridized carbons (Fsp3) is 0.154. The molecular formula is C13H8ClF3N4OS. The van der Waals surface area contributed by atoms with Gasteiger partial charge in [-0.3, -0.25) is 4.79 Å². The largest absolute Gasteiger partial charge is 0.405 e. The molecule has 0 unspecified atom stereocenters. The predicted molar refractivity (Wildman–Crippen MR) is 79.7 cm³/mol. The van der Waals surface area contributed by atoms with Crippen molar-refractivity contribution < 1.29 is 18.0 Å². The molecule has 0 aromatic carbocycles. The Balaban J connectivity index is 1.91.